The van der Waals surface area contributed by atoms with Gasteiger partial charge in [-0.2, -0.15) is 0 Å². The van der Waals surface area contributed by atoms with Crippen LogP contribution in [0.2, 0.25) is 0 Å². The highest BCUT2D eigenvalue weighted by atomic mass is 15.1. The smallest absolute Gasteiger partial charge is 0.223 e. The van der Waals surface area contributed by atoms with Gasteiger partial charge in [-0.3, -0.25) is 4.98 Å². The first kappa shape index (κ1) is 22.9. The number of para-hydroxylation sites is 1. The molecule has 4 rings (SSSR count). The predicted molar refractivity (Wildman–Crippen MR) is 135 cm³/mol. The molecule has 0 aliphatic heterocycles. The maximum absolute atomic E-state index is 4.74. The summed E-state index contributed by atoms with van der Waals surface area (Å²) in [6.45, 7) is 5.07. The van der Waals surface area contributed by atoms with E-state index in [1.165, 1.54) is 11.3 Å². The van der Waals surface area contributed by atoms with Crippen molar-refractivity contribution >= 4 is 11.6 Å². The van der Waals surface area contributed by atoms with E-state index in [1.54, 1.807) is 12.4 Å². The minimum absolute atomic E-state index is 0.662. The minimum atomic E-state index is 0.662. The number of pyridine rings is 1. The highest BCUT2D eigenvalue weighted by Crippen LogP contribution is 2.30. The maximum Gasteiger partial charge on any atom is 0.223 e. The van der Waals surface area contributed by atoms with Crippen LogP contribution in [-0.2, 0) is 0 Å². The lowest BCUT2D eigenvalue weighted by molar-refractivity contribution is 0.953. The number of benzene rings is 2. The van der Waals surface area contributed by atoms with Gasteiger partial charge in [-0.05, 0) is 43.2 Å². The van der Waals surface area contributed by atoms with Crippen molar-refractivity contribution in [2.75, 3.05) is 30.9 Å². The van der Waals surface area contributed by atoms with Gasteiger partial charge in [0.2, 0.25) is 5.95 Å². The number of nitrogens with zero attached hydrogens (tertiary/aromatic N) is 4. The molecular weight excluding hydrogens is 394 g/mol. The molecule has 2 aromatic carbocycles. The van der Waals surface area contributed by atoms with Crippen LogP contribution in [0.4, 0.5) is 11.6 Å². The summed E-state index contributed by atoms with van der Waals surface area (Å²) in [6, 6.07) is 22.6. The van der Waals surface area contributed by atoms with E-state index in [-0.39, 0.29) is 0 Å². The van der Waals surface area contributed by atoms with Gasteiger partial charge in [0.15, 0.2) is 0 Å². The van der Waals surface area contributed by atoms with Crippen molar-refractivity contribution in [3.63, 3.8) is 0 Å². The molecule has 5 nitrogen and oxygen atoms in total. The topological polar surface area (TPSA) is 53.9 Å². The summed E-state index contributed by atoms with van der Waals surface area (Å²) in [4.78, 5) is 15.4. The van der Waals surface area contributed by atoms with Crippen LogP contribution in [0.1, 0.15) is 18.9 Å². The molecule has 0 atom stereocenters. The normalized spacial score (nSPS) is 10.1. The number of aryl methyl sites for hydroxylation is 1. The zero-order valence-corrected chi connectivity index (χ0v) is 19.3. The van der Waals surface area contributed by atoms with Crippen molar-refractivity contribution in [1.29, 1.82) is 0 Å². The quantitative estimate of drug-likeness (QED) is 0.405. The highest BCUT2D eigenvalue weighted by molar-refractivity contribution is 5.80. The second-order valence-corrected chi connectivity index (χ2v) is 7.72. The van der Waals surface area contributed by atoms with Gasteiger partial charge in [0.1, 0.15) is 0 Å². The molecule has 0 unspecified atom stereocenters. The molecule has 0 aliphatic rings. The first-order valence-electron chi connectivity index (χ1n) is 10.9. The summed E-state index contributed by atoms with van der Waals surface area (Å²) in [5.41, 5.74) is 6.58. The Bertz CT molecular complexity index is 1100. The van der Waals surface area contributed by atoms with E-state index < -0.39 is 0 Å². The molecule has 1 N–H and O–H groups in total. The van der Waals surface area contributed by atoms with E-state index in [4.69, 9.17) is 4.98 Å². The molecule has 5 heteroatoms. The third-order valence-corrected chi connectivity index (χ3v) is 4.88. The van der Waals surface area contributed by atoms with Gasteiger partial charge < -0.3 is 10.2 Å². The zero-order chi connectivity index (χ0) is 22.8. The molecule has 164 valence electrons. The van der Waals surface area contributed by atoms with Gasteiger partial charge in [0, 0.05) is 56.0 Å². The molecule has 2 heterocycles. The molecule has 0 saturated carbocycles. The van der Waals surface area contributed by atoms with Crippen LogP contribution in [0, 0.1) is 6.92 Å². The van der Waals surface area contributed by atoms with Gasteiger partial charge in [-0.25, -0.2) is 9.97 Å². The van der Waals surface area contributed by atoms with Crippen molar-refractivity contribution in [1.82, 2.24) is 15.0 Å². The summed E-state index contributed by atoms with van der Waals surface area (Å²) in [5.74, 6) is 0.662. The fraction of sp³-hybridized carbons (Fsp3) is 0.222. The van der Waals surface area contributed by atoms with Crippen LogP contribution in [0.15, 0.2) is 85.3 Å². The van der Waals surface area contributed by atoms with E-state index in [0.717, 1.165) is 35.3 Å². The molecule has 0 spiro atoms. The monoisotopic (exact) mass is 425 g/mol. The largest absolute Gasteiger partial charge is 0.378 e. The summed E-state index contributed by atoms with van der Waals surface area (Å²) in [7, 11) is 4.07. The second kappa shape index (κ2) is 11.6. The van der Waals surface area contributed by atoms with E-state index >= 15 is 0 Å². The fourth-order valence-electron chi connectivity index (χ4n) is 3.18. The second-order valence-electron chi connectivity index (χ2n) is 7.72. The Hall–Kier alpha value is -3.73. The van der Waals surface area contributed by atoms with Gasteiger partial charge in [0.05, 0.1) is 5.69 Å². The van der Waals surface area contributed by atoms with E-state index in [1.807, 2.05) is 50.6 Å². The van der Waals surface area contributed by atoms with Crippen LogP contribution in [0.25, 0.3) is 22.4 Å². The summed E-state index contributed by atoms with van der Waals surface area (Å²) in [6.07, 6.45) is 6.51. The first-order valence-corrected chi connectivity index (χ1v) is 10.9. The Labute approximate surface area is 191 Å². The average Bonchev–Trinajstić information content (AvgIpc) is 2.84. The number of hydrogen-bond acceptors (Lipinski definition) is 5. The average molecular weight is 426 g/mol. The molecular formula is C27H31N5. The van der Waals surface area contributed by atoms with Crippen molar-refractivity contribution in [2.45, 2.75) is 20.3 Å². The van der Waals surface area contributed by atoms with E-state index in [0.29, 0.717) is 5.95 Å². The molecule has 32 heavy (non-hydrogen) atoms. The standard InChI is InChI=1S/C19H20N4.C8H11N/c1-3-9-21-19-22-13-17(16-6-4-5-14(2)12-16)18(23-19)15-7-10-20-11-8-15;1-9(2)8-6-4-3-5-7-8/h4-8,10-13H,3,9H2,1-2H3,(H,21,22,23);3-7H,1-2H3. The lowest BCUT2D eigenvalue weighted by atomic mass is 10.00. The van der Waals surface area contributed by atoms with Crippen LogP contribution < -0.4 is 10.2 Å². The Kier molecular flexibility index (Phi) is 8.32. The van der Waals surface area contributed by atoms with Crippen molar-refractivity contribution in [3.8, 4) is 22.4 Å². The molecule has 0 radical (unpaired) electrons. The molecule has 0 saturated heterocycles. The SMILES string of the molecule is CCCNc1ncc(-c2cccc(C)c2)c(-c2ccncc2)n1.CN(C)c1ccccc1. The summed E-state index contributed by atoms with van der Waals surface area (Å²) >= 11 is 0. The number of anilines is 2. The van der Waals surface area contributed by atoms with Gasteiger partial charge in [-0.1, -0.05) is 55.0 Å². The molecule has 2 aromatic heterocycles. The highest BCUT2D eigenvalue weighted by Gasteiger charge is 2.11. The molecule has 0 bridgehead atoms. The maximum atomic E-state index is 4.74. The number of nitrogens with one attached hydrogen (secondary N) is 1. The van der Waals surface area contributed by atoms with Crippen LogP contribution in [-0.4, -0.2) is 35.6 Å². The van der Waals surface area contributed by atoms with Crippen molar-refractivity contribution in [2.24, 2.45) is 0 Å². The fourth-order valence-corrected chi connectivity index (χ4v) is 3.18. The van der Waals surface area contributed by atoms with Crippen molar-refractivity contribution in [3.05, 3.63) is 90.9 Å². The summed E-state index contributed by atoms with van der Waals surface area (Å²) < 4.78 is 0. The third-order valence-electron chi connectivity index (χ3n) is 4.88. The lowest BCUT2D eigenvalue weighted by Gasteiger charge is -2.12. The Morgan fingerprint density at radius 1 is 0.875 bits per heavy atom. The first-order chi connectivity index (χ1) is 15.6. The molecule has 4 aromatic rings. The van der Waals surface area contributed by atoms with Gasteiger partial charge in [0.25, 0.3) is 0 Å². The molecule has 0 fully saturated rings. The van der Waals surface area contributed by atoms with Crippen LogP contribution in [0.3, 0.4) is 0 Å². The van der Waals surface area contributed by atoms with Crippen LogP contribution in [0.5, 0.6) is 0 Å². The van der Waals surface area contributed by atoms with Gasteiger partial charge in [-0.15, -0.1) is 0 Å². The Morgan fingerprint density at radius 2 is 1.62 bits per heavy atom. The third kappa shape index (κ3) is 6.38. The molecule has 0 aliphatic carbocycles. The number of rotatable bonds is 6. The van der Waals surface area contributed by atoms with Crippen LogP contribution >= 0.6 is 0 Å². The number of hydrogen-bond donors (Lipinski definition) is 1. The minimum Gasteiger partial charge on any atom is -0.378 e. The zero-order valence-electron chi connectivity index (χ0n) is 19.3. The van der Waals surface area contributed by atoms with E-state index in [2.05, 4.69) is 70.4 Å². The number of aromatic nitrogens is 3. The summed E-state index contributed by atoms with van der Waals surface area (Å²) in [5, 5.41) is 3.26. The van der Waals surface area contributed by atoms with Crippen molar-refractivity contribution < 1.29 is 0 Å². The predicted octanol–water partition coefficient (Wildman–Crippen LogP) is 6.09. The Morgan fingerprint density at radius 3 is 2.25 bits per heavy atom. The van der Waals surface area contributed by atoms with E-state index in [9.17, 15) is 0 Å². The lowest BCUT2D eigenvalue weighted by Crippen LogP contribution is -2.07. The molecule has 0 amide bonds. The Balaban J connectivity index is 0.000000269. The van der Waals surface area contributed by atoms with Gasteiger partial charge >= 0.3 is 0 Å².